The molecule has 4 heteroatoms. The largest absolute Gasteiger partial charge is 0.481 e. The van der Waals surface area contributed by atoms with Gasteiger partial charge in [0.15, 0.2) is 0 Å². The summed E-state index contributed by atoms with van der Waals surface area (Å²) >= 11 is 0. The maximum absolute atomic E-state index is 10.9. The Morgan fingerprint density at radius 1 is 1.25 bits per heavy atom. The van der Waals surface area contributed by atoms with Crippen LogP contribution in [0.3, 0.4) is 0 Å². The predicted octanol–water partition coefficient (Wildman–Crippen LogP) is 3.39. The number of hydrogen-bond donors (Lipinski definition) is 2. The van der Waals surface area contributed by atoms with E-state index in [0.717, 1.165) is 25.8 Å². The number of benzene rings is 1. The molecule has 0 bridgehead atoms. The van der Waals surface area contributed by atoms with Gasteiger partial charge in [0.1, 0.15) is 0 Å². The molecule has 0 aliphatic heterocycles. The number of nitrogens with one attached hydrogen (secondary N) is 1. The van der Waals surface area contributed by atoms with Crippen molar-refractivity contribution < 1.29 is 9.90 Å². The fourth-order valence-electron chi connectivity index (χ4n) is 2.82. The van der Waals surface area contributed by atoms with Gasteiger partial charge in [-0.1, -0.05) is 30.3 Å². The number of pyridine rings is 1. The molecule has 1 heterocycles. The van der Waals surface area contributed by atoms with Crippen LogP contribution in [-0.4, -0.2) is 28.6 Å². The van der Waals surface area contributed by atoms with Crippen molar-refractivity contribution in [3.8, 4) is 0 Å². The van der Waals surface area contributed by atoms with Gasteiger partial charge in [-0.2, -0.15) is 0 Å². The Balaban J connectivity index is 1.81. The van der Waals surface area contributed by atoms with Crippen molar-refractivity contribution in [2.45, 2.75) is 45.1 Å². The number of aliphatic carboxylic acids is 1. The molecule has 2 aromatic rings. The summed E-state index contributed by atoms with van der Waals surface area (Å²) in [6.45, 7) is 2.99. The predicted molar refractivity (Wildman–Crippen MR) is 96.1 cm³/mol. The van der Waals surface area contributed by atoms with Gasteiger partial charge in [-0.15, -0.1) is 0 Å². The Morgan fingerprint density at radius 2 is 2.04 bits per heavy atom. The van der Waals surface area contributed by atoms with Gasteiger partial charge in [0, 0.05) is 24.9 Å². The number of aryl methyl sites for hydroxylation is 2. The van der Waals surface area contributed by atoms with Crippen molar-refractivity contribution in [3.05, 3.63) is 65.5 Å². The standard InChI is InChI=1S/C20H26N2O2/c1-16-11-13-21-15-18(16)8-5-12-22-19(9-10-20(23)24)14-17-6-3-2-4-7-17/h2-4,6-7,11,13,15,19,22H,5,8-10,12,14H2,1H3,(H,23,24). The number of carbonyl (C=O) groups is 1. The second-order valence-corrected chi connectivity index (χ2v) is 6.18. The van der Waals surface area contributed by atoms with E-state index in [1.165, 1.54) is 16.7 Å². The molecule has 0 saturated heterocycles. The second kappa shape index (κ2) is 9.83. The normalized spacial score (nSPS) is 12.0. The zero-order valence-electron chi connectivity index (χ0n) is 14.2. The summed E-state index contributed by atoms with van der Waals surface area (Å²) in [6, 6.07) is 12.5. The summed E-state index contributed by atoms with van der Waals surface area (Å²) < 4.78 is 0. The highest BCUT2D eigenvalue weighted by Crippen LogP contribution is 2.10. The average Bonchev–Trinajstić information content (AvgIpc) is 2.58. The molecule has 0 amide bonds. The molecule has 1 aromatic heterocycles. The molecule has 0 saturated carbocycles. The van der Waals surface area contributed by atoms with Gasteiger partial charge in [-0.25, -0.2) is 0 Å². The van der Waals surface area contributed by atoms with Crippen LogP contribution < -0.4 is 5.32 Å². The zero-order valence-corrected chi connectivity index (χ0v) is 14.2. The van der Waals surface area contributed by atoms with E-state index in [-0.39, 0.29) is 12.5 Å². The van der Waals surface area contributed by atoms with Crippen LogP contribution in [0.25, 0.3) is 0 Å². The van der Waals surface area contributed by atoms with Crippen LogP contribution in [0, 0.1) is 6.92 Å². The van der Waals surface area contributed by atoms with Gasteiger partial charge in [0.05, 0.1) is 0 Å². The van der Waals surface area contributed by atoms with Gasteiger partial charge >= 0.3 is 5.97 Å². The van der Waals surface area contributed by atoms with E-state index in [2.05, 4.69) is 29.4 Å². The van der Waals surface area contributed by atoms with Crippen LogP contribution in [0.4, 0.5) is 0 Å². The molecule has 128 valence electrons. The molecule has 1 unspecified atom stereocenters. The van der Waals surface area contributed by atoms with Crippen molar-refractivity contribution in [2.24, 2.45) is 0 Å². The molecular formula is C20H26N2O2. The van der Waals surface area contributed by atoms with Gasteiger partial charge in [-0.05, 0) is 61.9 Å². The number of aromatic nitrogens is 1. The second-order valence-electron chi connectivity index (χ2n) is 6.18. The molecule has 0 radical (unpaired) electrons. The molecule has 0 spiro atoms. The van der Waals surface area contributed by atoms with Gasteiger partial charge < -0.3 is 10.4 Å². The smallest absolute Gasteiger partial charge is 0.303 e. The van der Waals surface area contributed by atoms with Gasteiger partial charge in [-0.3, -0.25) is 9.78 Å². The average molecular weight is 326 g/mol. The monoisotopic (exact) mass is 326 g/mol. The van der Waals surface area contributed by atoms with Crippen LogP contribution in [0.2, 0.25) is 0 Å². The summed E-state index contributed by atoms with van der Waals surface area (Å²) in [6.07, 6.45) is 7.47. The number of carboxylic acids is 1. The quantitative estimate of drug-likeness (QED) is 0.657. The summed E-state index contributed by atoms with van der Waals surface area (Å²) in [5.41, 5.74) is 3.80. The van der Waals surface area contributed by atoms with Crippen molar-refractivity contribution >= 4 is 5.97 Å². The van der Waals surface area contributed by atoms with Crippen molar-refractivity contribution in [2.75, 3.05) is 6.54 Å². The van der Waals surface area contributed by atoms with E-state index >= 15 is 0 Å². The fraction of sp³-hybridized carbons (Fsp3) is 0.400. The molecule has 2 N–H and O–H groups in total. The van der Waals surface area contributed by atoms with E-state index in [4.69, 9.17) is 5.11 Å². The van der Waals surface area contributed by atoms with E-state index in [0.29, 0.717) is 6.42 Å². The molecule has 4 nitrogen and oxygen atoms in total. The first-order chi connectivity index (χ1) is 11.6. The van der Waals surface area contributed by atoms with Crippen LogP contribution >= 0.6 is 0 Å². The summed E-state index contributed by atoms with van der Waals surface area (Å²) in [4.78, 5) is 15.1. The minimum atomic E-state index is -0.735. The molecule has 0 fully saturated rings. The first kappa shape index (κ1) is 18.1. The number of rotatable bonds is 10. The van der Waals surface area contributed by atoms with Crippen molar-refractivity contribution in [1.82, 2.24) is 10.3 Å². The SMILES string of the molecule is Cc1ccncc1CCCNC(CCC(=O)O)Cc1ccccc1. The lowest BCUT2D eigenvalue weighted by atomic mass is 10.0. The maximum atomic E-state index is 10.9. The first-order valence-corrected chi connectivity index (χ1v) is 8.53. The molecule has 1 aromatic carbocycles. The third-order valence-electron chi connectivity index (χ3n) is 4.23. The van der Waals surface area contributed by atoms with Crippen LogP contribution in [-0.2, 0) is 17.6 Å². The molecular weight excluding hydrogens is 300 g/mol. The highest BCUT2D eigenvalue weighted by Gasteiger charge is 2.11. The number of carboxylic acid groups (broad SMARTS) is 1. The topological polar surface area (TPSA) is 62.2 Å². The third kappa shape index (κ3) is 6.50. The Hall–Kier alpha value is -2.20. The number of hydrogen-bond acceptors (Lipinski definition) is 3. The lowest BCUT2D eigenvalue weighted by Crippen LogP contribution is -2.32. The highest BCUT2D eigenvalue weighted by atomic mass is 16.4. The minimum absolute atomic E-state index is 0.193. The van der Waals surface area contributed by atoms with Gasteiger partial charge in [0.2, 0.25) is 0 Å². The fourth-order valence-corrected chi connectivity index (χ4v) is 2.82. The Bertz CT molecular complexity index is 629. The van der Waals surface area contributed by atoms with Crippen LogP contribution in [0.1, 0.15) is 36.0 Å². The lowest BCUT2D eigenvalue weighted by Gasteiger charge is -2.18. The van der Waals surface area contributed by atoms with Crippen molar-refractivity contribution in [1.29, 1.82) is 0 Å². The van der Waals surface area contributed by atoms with Crippen LogP contribution in [0.15, 0.2) is 48.8 Å². The van der Waals surface area contributed by atoms with E-state index < -0.39 is 5.97 Å². The third-order valence-corrected chi connectivity index (χ3v) is 4.23. The van der Waals surface area contributed by atoms with Gasteiger partial charge in [0.25, 0.3) is 0 Å². The zero-order chi connectivity index (χ0) is 17.2. The maximum Gasteiger partial charge on any atom is 0.303 e. The lowest BCUT2D eigenvalue weighted by molar-refractivity contribution is -0.137. The highest BCUT2D eigenvalue weighted by molar-refractivity contribution is 5.66. The Kier molecular flexibility index (Phi) is 7.43. The van der Waals surface area contributed by atoms with Crippen molar-refractivity contribution in [3.63, 3.8) is 0 Å². The molecule has 1 atom stereocenters. The Morgan fingerprint density at radius 3 is 2.75 bits per heavy atom. The van der Waals surface area contributed by atoms with E-state index in [1.807, 2.05) is 36.7 Å². The summed E-state index contributed by atoms with van der Waals surface area (Å²) in [5, 5.41) is 12.5. The Labute approximate surface area is 143 Å². The molecule has 24 heavy (non-hydrogen) atoms. The van der Waals surface area contributed by atoms with Crippen LogP contribution in [0.5, 0.6) is 0 Å². The minimum Gasteiger partial charge on any atom is -0.481 e. The molecule has 0 aliphatic rings. The summed E-state index contributed by atoms with van der Waals surface area (Å²) in [7, 11) is 0. The molecule has 2 rings (SSSR count). The summed E-state index contributed by atoms with van der Waals surface area (Å²) in [5.74, 6) is -0.735. The van der Waals surface area contributed by atoms with E-state index in [9.17, 15) is 4.79 Å². The first-order valence-electron chi connectivity index (χ1n) is 8.53. The molecule has 0 aliphatic carbocycles. The number of nitrogens with zero attached hydrogens (tertiary/aromatic N) is 1. The van der Waals surface area contributed by atoms with E-state index in [1.54, 1.807) is 0 Å².